The molecule has 0 bridgehead atoms. The number of anilines is 1. The Morgan fingerprint density at radius 2 is 1.82 bits per heavy atom. The molecule has 2 aromatic rings. The third-order valence-electron chi connectivity index (χ3n) is 2.95. The average molecular weight is 366 g/mol. The van der Waals surface area contributed by atoms with E-state index in [-0.39, 0.29) is 27.2 Å². The molecule has 22 heavy (non-hydrogen) atoms. The van der Waals surface area contributed by atoms with Gasteiger partial charge in [-0.15, -0.1) is 0 Å². The molecule has 0 aliphatic heterocycles. The molecule has 0 heterocycles. The van der Waals surface area contributed by atoms with E-state index in [2.05, 4.69) is 0 Å². The highest BCUT2D eigenvalue weighted by molar-refractivity contribution is 7.93. The monoisotopic (exact) mass is 365 g/mol. The maximum Gasteiger partial charge on any atom is 0.265 e. The summed E-state index contributed by atoms with van der Waals surface area (Å²) >= 11 is 11.8. The Balaban J connectivity index is 2.61. The molecule has 0 spiro atoms. The Morgan fingerprint density at radius 3 is 2.41 bits per heavy atom. The van der Waals surface area contributed by atoms with Crippen molar-refractivity contribution in [2.75, 3.05) is 10.8 Å². The fourth-order valence-corrected chi connectivity index (χ4v) is 4.18. The van der Waals surface area contributed by atoms with Crippen molar-refractivity contribution in [2.24, 2.45) is 0 Å². The van der Waals surface area contributed by atoms with Crippen LogP contribution in [0.3, 0.4) is 0 Å². The van der Waals surface area contributed by atoms with Crippen LogP contribution in [0.2, 0.25) is 10.0 Å². The summed E-state index contributed by atoms with van der Waals surface area (Å²) in [6.07, 6.45) is 0. The first-order chi connectivity index (χ1) is 10.3. The smallest absolute Gasteiger partial charge is 0.264 e. The van der Waals surface area contributed by atoms with Crippen LogP contribution < -0.4 is 4.31 Å². The highest BCUT2D eigenvalue weighted by Gasteiger charge is 2.28. The predicted octanol–water partition coefficient (Wildman–Crippen LogP) is 4.49. The molecule has 3 nitrogen and oxygen atoms in total. The van der Waals surface area contributed by atoms with Gasteiger partial charge in [0.05, 0.1) is 15.7 Å². The topological polar surface area (TPSA) is 37.4 Å². The fraction of sp³-hybridized carbons (Fsp3) is 0.143. The van der Waals surface area contributed by atoms with Crippen LogP contribution in [0.25, 0.3) is 0 Å². The molecule has 0 unspecified atom stereocenters. The van der Waals surface area contributed by atoms with Gasteiger partial charge in [-0.2, -0.15) is 0 Å². The van der Waals surface area contributed by atoms with E-state index in [1.54, 1.807) is 0 Å². The molecule has 2 aromatic carbocycles. The van der Waals surface area contributed by atoms with Crippen molar-refractivity contribution in [1.29, 1.82) is 0 Å². The van der Waals surface area contributed by atoms with E-state index in [1.165, 1.54) is 25.1 Å². The zero-order chi connectivity index (χ0) is 16.5. The van der Waals surface area contributed by atoms with Crippen molar-refractivity contribution >= 4 is 38.9 Å². The molecule has 0 N–H and O–H groups in total. The van der Waals surface area contributed by atoms with Crippen LogP contribution in [0.4, 0.5) is 14.5 Å². The quantitative estimate of drug-likeness (QED) is 0.800. The molecule has 2 rings (SSSR count). The minimum atomic E-state index is -4.14. The summed E-state index contributed by atoms with van der Waals surface area (Å²) in [5, 5.41) is -0.0801. The van der Waals surface area contributed by atoms with Crippen molar-refractivity contribution < 1.29 is 17.2 Å². The summed E-state index contributed by atoms with van der Waals surface area (Å²) in [7, 11) is -4.14. The second kappa shape index (κ2) is 6.40. The molecule has 0 saturated carbocycles. The van der Waals surface area contributed by atoms with Crippen LogP contribution in [0.1, 0.15) is 6.92 Å². The summed E-state index contributed by atoms with van der Waals surface area (Å²) < 4.78 is 53.1. The van der Waals surface area contributed by atoms with Crippen molar-refractivity contribution in [2.45, 2.75) is 11.8 Å². The summed E-state index contributed by atoms with van der Waals surface area (Å²) in [5.41, 5.74) is -0.264. The lowest BCUT2D eigenvalue weighted by Crippen LogP contribution is -2.31. The molecule has 0 aliphatic carbocycles. The molecule has 0 amide bonds. The van der Waals surface area contributed by atoms with Gasteiger partial charge in [0, 0.05) is 12.6 Å². The minimum Gasteiger partial charge on any atom is -0.264 e. The molecule has 118 valence electrons. The largest absolute Gasteiger partial charge is 0.265 e. The van der Waals surface area contributed by atoms with Gasteiger partial charge in [-0.1, -0.05) is 29.3 Å². The maximum atomic E-state index is 13.9. The molecular formula is C14H11Cl2F2NO2S. The third kappa shape index (κ3) is 3.04. The lowest BCUT2D eigenvalue weighted by Gasteiger charge is -2.24. The Labute approximate surface area is 137 Å². The van der Waals surface area contributed by atoms with E-state index >= 15 is 0 Å². The Hall–Kier alpha value is -1.37. The van der Waals surface area contributed by atoms with Gasteiger partial charge in [0.1, 0.15) is 16.5 Å². The van der Waals surface area contributed by atoms with Crippen LogP contribution in [0.5, 0.6) is 0 Å². The number of halogens is 4. The number of sulfonamides is 1. The van der Waals surface area contributed by atoms with E-state index < -0.39 is 21.7 Å². The summed E-state index contributed by atoms with van der Waals surface area (Å²) in [6.45, 7) is 1.46. The first kappa shape index (κ1) is 17.0. The molecular weight excluding hydrogens is 355 g/mol. The number of benzene rings is 2. The van der Waals surface area contributed by atoms with Gasteiger partial charge in [-0.25, -0.2) is 17.2 Å². The normalized spacial score (nSPS) is 11.5. The standard InChI is InChI=1S/C14H11Cl2F2NO2S/c1-2-19(12-7-6-9(17)8-11(12)18)22(20,21)13-5-3-4-10(15)14(13)16/h3-8H,2H2,1H3. The fourth-order valence-electron chi connectivity index (χ4n) is 1.96. The van der Waals surface area contributed by atoms with Crippen molar-refractivity contribution in [3.63, 3.8) is 0 Å². The summed E-state index contributed by atoms with van der Waals surface area (Å²) in [6, 6.07) is 6.80. The van der Waals surface area contributed by atoms with Crippen LogP contribution in [-0.2, 0) is 10.0 Å². The van der Waals surface area contributed by atoms with E-state index in [4.69, 9.17) is 23.2 Å². The third-order valence-corrected chi connectivity index (χ3v) is 5.81. The van der Waals surface area contributed by atoms with Gasteiger partial charge in [-0.3, -0.25) is 4.31 Å². The Morgan fingerprint density at radius 1 is 1.14 bits per heavy atom. The predicted molar refractivity (Wildman–Crippen MR) is 83.0 cm³/mol. The zero-order valence-corrected chi connectivity index (χ0v) is 13.7. The number of rotatable bonds is 4. The second-order valence-corrected chi connectivity index (χ2v) is 6.93. The van der Waals surface area contributed by atoms with Gasteiger partial charge in [0.2, 0.25) is 0 Å². The molecule has 0 atom stereocenters. The Bertz CT molecular complexity index is 812. The van der Waals surface area contributed by atoms with E-state index in [0.29, 0.717) is 6.07 Å². The van der Waals surface area contributed by atoms with Crippen LogP contribution in [-0.4, -0.2) is 15.0 Å². The molecule has 0 radical (unpaired) electrons. The van der Waals surface area contributed by atoms with Gasteiger partial charge in [-0.05, 0) is 31.2 Å². The lowest BCUT2D eigenvalue weighted by atomic mass is 10.3. The highest BCUT2D eigenvalue weighted by atomic mass is 35.5. The SMILES string of the molecule is CCN(c1ccc(F)cc1F)S(=O)(=O)c1cccc(Cl)c1Cl. The summed E-state index contributed by atoms with van der Waals surface area (Å²) in [4.78, 5) is -0.243. The molecule has 0 aliphatic rings. The minimum absolute atomic E-state index is 0.0618. The zero-order valence-electron chi connectivity index (χ0n) is 11.4. The van der Waals surface area contributed by atoms with E-state index in [0.717, 1.165) is 16.4 Å². The molecule has 0 aromatic heterocycles. The van der Waals surface area contributed by atoms with Gasteiger partial charge in [0.25, 0.3) is 10.0 Å². The molecule has 0 saturated heterocycles. The van der Waals surface area contributed by atoms with Gasteiger partial charge >= 0.3 is 0 Å². The number of nitrogens with zero attached hydrogens (tertiary/aromatic N) is 1. The average Bonchev–Trinajstić information content (AvgIpc) is 2.44. The molecule has 8 heteroatoms. The number of hydrogen-bond acceptors (Lipinski definition) is 2. The van der Waals surface area contributed by atoms with Crippen LogP contribution >= 0.6 is 23.2 Å². The number of hydrogen-bond donors (Lipinski definition) is 0. The Kier molecular flexibility index (Phi) is 4.94. The van der Waals surface area contributed by atoms with Crippen molar-refractivity contribution in [3.05, 3.63) is 58.1 Å². The van der Waals surface area contributed by atoms with Crippen LogP contribution in [0, 0.1) is 11.6 Å². The van der Waals surface area contributed by atoms with Gasteiger partial charge in [0.15, 0.2) is 0 Å². The first-order valence-electron chi connectivity index (χ1n) is 6.20. The van der Waals surface area contributed by atoms with E-state index in [9.17, 15) is 17.2 Å². The lowest BCUT2D eigenvalue weighted by molar-refractivity contribution is 0.574. The second-order valence-electron chi connectivity index (χ2n) is 4.32. The van der Waals surface area contributed by atoms with Crippen LogP contribution in [0.15, 0.2) is 41.3 Å². The maximum absolute atomic E-state index is 13.9. The van der Waals surface area contributed by atoms with E-state index in [1.807, 2.05) is 0 Å². The summed E-state index contributed by atoms with van der Waals surface area (Å²) in [5.74, 6) is -1.78. The first-order valence-corrected chi connectivity index (χ1v) is 8.40. The van der Waals surface area contributed by atoms with Crippen molar-refractivity contribution in [1.82, 2.24) is 0 Å². The van der Waals surface area contributed by atoms with Crippen molar-refractivity contribution in [3.8, 4) is 0 Å². The van der Waals surface area contributed by atoms with Gasteiger partial charge < -0.3 is 0 Å². The highest BCUT2D eigenvalue weighted by Crippen LogP contribution is 2.33. The molecule has 0 fully saturated rings.